The van der Waals surface area contributed by atoms with Gasteiger partial charge in [0.1, 0.15) is 0 Å². The first-order valence-corrected chi connectivity index (χ1v) is 6.23. The number of hydrogen-bond donors (Lipinski definition) is 0. The molecule has 0 saturated heterocycles. The van der Waals surface area contributed by atoms with Gasteiger partial charge >= 0.3 is 0 Å². The Morgan fingerprint density at radius 3 is 2.65 bits per heavy atom. The van der Waals surface area contributed by atoms with Gasteiger partial charge < -0.3 is 0 Å². The smallest absolute Gasteiger partial charge is 0.0386 e. The molecule has 0 unspecified atom stereocenters. The maximum absolute atomic E-state index is 4.21. The average molecular weight is 236 g/mol. The van der Waals surface area contributed by atoms with Crippen molar-refractivity contribution in [2.45, 2.75) is 0 Å². The molecule has 0 aliphatic rings. The van der Waals surface area contributed by atoms with E-state index < -0.39 is 0 Å². The molecule has 80 valence electrons. The zero-order valence-corrected chi connectivity index (χ0v) is 9.74. The first kappa shape index (κ1) is 9.07. The summed E-state index contributed by atoms with van der Waals surface area (Å²) in [5, 5.41) is 4.94. The second-order valence-electron chi connectivity index (χ2n) is 4.05. The molecule has 0 spiro atoms. The van der Waals surface area contributed by atoms with E-state index in [9.17, 15) is 0 Å². The summed E-state index contributed by atoms with van der Waals surface area (Å²) in [6.45, 7) is 0. The van der Waals surface area contributed by atoms with Crippen LogP contribution in [0.15, 0.2) is 49.1 Å². The van der Waals surface area contributed by atoms with E-state index in [1.165, 1.54) is 30.9 Å². The Balaban J connectivity index is 2.28. The van der Waals surface area contributed by atoms with E-state index in [0.717, 1.165) is 0 Å². The Labute approximate surface area is 102 Å². The zero-order chi connectivity index (χ0) is 11.2. The molecule has 2 nitrogen and oxygen atoms in total. The Morgan fingerprint density at radius 1 is 0.765 bits per heavy atom. The lowest BCUT2D eigenvalue weighted by molar-refractivity contribution is 1.37. The zero-order valence-electron chi connectivity index (χ0n) is 8.92. The summed E-state index contributed by atoms with van der Waals surface area (Å²) in [6.07, 6.45) is 7.53. The van der Waals surface area contributed by atoms with E-state index in [4.69, 9.17) is 0 Å². The highest BCUT2D eigenvalue weighted by atomic mass is 32.1. The van der Waals surface area contributed by atoms with Crippen molar-refractivity contribution in [1.29, 1.82) is 0 Å². The number of pyridine rings is 2. The highest BCUT2D eigenvalue weighted by Crippen LogP contribution is 2.35. The third-order valence-corrected chi connectivity index (χ3v) is 4.16. The molecule has 3 heteroatoms. The van der Waals surface area contributed by atoms with Crippen LogP contribution in [0.2, 0.25) is 0 Å². The average Bonchev–Trinajstić information content (AvgIpc) is 2.73. The number of aromatic nitrogens is 2. The maximum Gasteiger partial charge on any atom is 0.0386 e. The van der Waals surface area contributed by atoms with Crippen LogP contribution < -0.4 is 0 Å². The van der Waals surface area contributed by atoms with Gasteiger partial charge in [-0.25, -0.2) is 0 Å². The standard InChI is InChI=1S/C14H8N2S/c1-3-15-7-10-5-11-12-8-16-4-2-13(12)17-14(11)6-9(1)10/h1-8H. The van der Waals surface area contributed by atoms with Crippen molar-refractivity contribution in [3.63, 3.8) is 0 Å². The Kier molecular flexibility index (Phi) is 1.73. The van der Waals surface area contributed by atoms with Crippen LogP contribution >= 0.6 is 11.3 Å². The van der Waals surface area contributed by atoms with Crippen molar-refractivity contribution in [2.24, 2.45) is 0 Å². The van der Waals surface area contributed by atoms with Gasteiger partial charge in [0.2, 0.25) is 0 Å². The van der Waals surface area contributed by atoms with Crippen molar-refractivity contribution >= 4 is 42.3 Å². The van der Waals surface area contributed by atoms with E-state index >= 15 is 0 Å². The number of rotatable bonds is 0. The second-order valence-corrected chi connectivity index (χ2v) is 5.13. The highest BCUT2D eigenvalue weighted by molar-refractivity contribution is 7.25. The van der Waals surface area contributed by atoms with Gasteiger partial charge in [0, 0.05) is 50.3 Å². The fourth-order valence-corrected chi connectivity index (χ4v) is 3.30. The van der Waals surface area contributed by atoms with Crippen LogP contribution in [0.4, 0.5) is 0 Å². The van der Waals surface area contributed by atoms with Crippen LogP contribution in [0.25, 0.3) is 30.9 Å². The summed E-state index contributed by atoms with van der Waals surface area (Å²) >= 11 is 1.82. The summed E-state index contributed by atoms with van der Waals surface area (Å²) in [5.41, 5.74) is 0. The van der Waals surface area contributed by atoms with Gasteiger partial charge in [-0.15, -0.1) is 11.3 Å². The van der Waals surface area contributed by atoms with Gasteiger partial charge in [-0.1, -0.05) is 0 Å². The molecule has 4 rings (SSSR count). The summed E-state index contributed by atoms with van der Waals surface area (Å²) in [5.74, 6) is 0. The van der Waals surface area contributed by atoms with Gasteiger partial charge in [0.15, 0.2) is 0 Å². The molecule has 3 heterocycles. The predicted octanol–water partition coefficient (Wildman–Crippen LogP) is 4.00. The minimum absolute atomic E-state index is 1.18. The largest absolute Gasteiger partial charge is 0.264 e. The minimum atomic E-state index is 1.18. The van der Waals surface area contributed by atoms with E-state index in [1.54, 1.807) is 0 Å². The van der Waals surface area contributed by atoms with Crippen molar-refractivity contribution < 1.29 is 0 Å². The summed E-state index contributed by atoms with van der Waals surface area (Å²) < 4.78 is 2.60. The number of nitrogens with zero attached hydrogens (tertiary/aromatic N) is 2. The van der Waals surface area contributed by atoms with E-state index in [2.05, 4.69) is 34.2 Å². The molecule has 17 heavy (non-hydrogen) atoms. The summed E-state index contributed by atoms with van der Waals surface area (Å²) in [4.78, 5) is 8.38. The van der Waals surface area contributed by atoms with Crippen LogP contribution in [-0.2, 0) is 0 Å². The number of fused-ring (bicyclic) bond motifs is 4. The molecule has 0 aliphatic heterocycles. The molecule has 0 radical (unpaired) electrons. The van der Waals surface area contributed by atoms with Crippen LogP contribution in [0, 0.1) is 0 Å². The lowest BCUT2D eigenvalue weighted by atomic mass is 10.1. The van der Waals surface area contributed by atoms with Crippen molar-refractivity contribution in [1.82, 2.24) is 9.97 Å². The minimum Gasteiger partial charge on any atom is -0.264 e. The van der Waals surface area contributed by atoms with Crippen LogP contribution in [-0.4, -0.2) is 9.97 Å². The number of thiophene rings is 1. The third kappa shape index (κ3) is 1.26. The normalized spacial score (nSPS) is 11.5. The van der Waals surface area contributed by atoms with Crippen LogP contribution in [0.1, 0.15) is 0 Å². The van der Waals surface area contributed by atoms with Crippen LogP contribution in [0.5, 0.6) is 0 Å². The number of benzene rings is 1. The molecule has 3 aromatic heterocycles. The molecule has 0 amide bonds. The molecule has 0 aliphatic carbocycles. The fraction of sp³-hybridized carbons (Fsp3) is 0. The Morgan fingerprint density at radius 2 is 1.65 bits per heavy atom. The molecule has 0 bridgehead atoms. The molecular formula is C14H8N2S. The van der Waals surface area contributed by atoms with Crippen molar-refractivity contribution in [2.75, 3.05) is 0 Å². The molecular weight excluding hydrogens is 228 g/mol. The van der Waals surface area contributed by atoms with Crippen molar-refractivity contribution in [3.8, 4) is 0 Å². The van der Waals surface area contributed by atoms with E-state index in [-0.39, 0.29) is 0 Å². The fourth-order valence-electron chi connectivity index (χ4n) is 2.20. The van der Waals surface area contributed by atoms with Gasteiger partial charge in [-0.05, 0) is 29.7 Å². The summed E-state index contributed by atoms with van der Waals surface area (Å²) in [6, 6.07) is 8.56. The Bertz CT molecular complexity index is 842. The molecule has 0 saturated carbocycles. The first-order valence-electron chi connectivity index (χ1n) is 5.42. The second kappa shape index (κ2) is 3.25. The quantitative estimate of drug-likeness (QED) is 0.461. The number of hydrogen-bond acceptors (Lipinski definition) is 3. The molecule has 0 N–H and O–H groups in total. The van der Waals surface area contributed by atoms with Gasteiger partial charge in [-0.3, -0.25) is 9.97 Å². The lowest BCUT2D eigenvalue weighted by Gasteiger charge is -1.97. The topological polar surface area (TPSA) is 25.8 Å². The lowest BCUT2D eigenvalue weighted by Crippen LogP contribution is -1.75. The molecule has 0 atom stereocenters. The monoisotopic (exact) mass is 236 g/mol. The third-order valence-electron chi connectivity index (χ3n) is 3.03. The van der Waals surface area contributed by atoms with Gasteiger partial charge in [0.05, 0.1) is 0 Å². The van der Waals surface area contributed by atoms with Crippen molar-refractivity contribution in [3.05, 3.63) is 49.1 Å². The first-order chi connectivity index (χ1) is 8.42. The van der Waals surface area contributed by atoms with E-state index in [1.807, 2.05) is 36.1 Å². The predicted molar refractivity (Wildman–Crippen MR) is 72.4 cm³/mol. The molecule has 1 aromatic carbocycles. The summed E-state index contributed by atoms with van der Waals surface area (Å²) in [7, 11) is 0. The Hall–Kier alpha value is -2.00. The molecule has 4 aromatic rings. The van der Waals surface area contributed by atoms with Crippen LogP contribution in [0.3, 0.4) is 0 Å². The highest BCUT2D eigenvalue weighted by Gasteiger charge is 2.05. The SMILES string of the molecule is c1cc2cc3sc4ccncc4c3cc2cn1. The molecule has 0 fully saturated rings. The van der Waals surface area contributed by atoms with E-state index in [0.29, 0.717) is 0 Å². The van der Waals surface area contributed by atoms with Gasteiger partial charge in [-0.2, -0.15) is 0 Å². The van der Waals surface area contributed by atoms with Gasteiger partial charge in [0.25, 0.3) is 0 Å². The maximum atomic E-state index is 4.21.